The summed E-state index contributed by atoms with van der Waals surface area (Å²) in [5.74, 6) is -0.170. The molecule has 1 fully saturated rings. The van der Waals surface area contributed by atoms with Crippen molar-refractivity contribution in [1.29, 1.82) is 5.41 Å². The van der Waals surface area contributed by atoms with Gasteiger partial charge in [0, 0.05) is 12.1 Å². The normalized spacial score (nSPS) is 16.8. The minimum atomic E-state index is -3.88. The molecular formula is C28H34N4O5S3. The number of benzene rings is 2. The number of carbonyl (C=O) groups is 1. The number of hydrogen-bond donors (Lipinski definition) is 4. The third-order valence-corrected chi connectivity index (χ3v) is 10.8. The Hall–Kier alpha value is -2.90. The van der Waals surface area contributed by atoms with E-state index in [4.69, 9.17) is 20.6 Å². The van der Waals surface area contributed by atoms with E-state index in [0.29, 0.717) is 26.9 Å². The molecule has 0 atom stereocenters. The topological polar surface area (TPSA) is 144 Å². The van der Waals surface area contributed by atoms with E-state index in [1.165, 1.54) is 29.2 Å². The first-order chi connectivity index (χ1) is 19.1. The summed E-state index contributed by atoms with van der Waals surface area (Å²) in [6.07, 6.45) is 5.18. The van der Waals surface area contributed by atoms with Crippen molar-refractivity contribution in [1.82, 2.24) is 5.32 Å². The molecule has 3 aromatic rings. The number of nitrogens with two attached hydrogens (primary N) is 1. The van der Waals surface area contributed by atoms with E-state index in [2.05, 4.69) is 10.6 Å². The predicted molar refractivity (Wildman–Crippen MR) is 160 cm³/mol. The molecule has 214 valence electrons. The minimum absolute atomic E-state index is 0.102. The number of aryl methyl sites for hydroxylation is 1. The summed E-state index contributed by atoms with van der Waals surface area (Å²) in [6.45, 7) is 4.32. The fraction of sp³-hybridized carbons (Fsp3) is 0.357. The first-order valence-corrected chi connectivity index (χ1v) is 16.5. The summed E-state index contributed by atoms with van der Waals surface area (Å²) >= 11 is 2.49. The number of thiophene rings is 1. The first-order valence-electron chi connectivity index (χ1n) is 12.9. The largest absolute Gasteiger partial charge is 0.383 e. The van der Waals surface area contributed by atoms with Crippen LogP contribution in [0.1, 0.15) is 43.0 Å². The van der Waals surface area contributed by atoms with E-state index in [-0.39, 0.29) is 34.2 Å². The quantitative estimate of drug-likeness (QED) is 0.0866. The van der Waals surface area contributed by atoms with Crippen LogP contribution in [0, 0.1) is 12.3 Å². The molecule has 2 amide bonds. The van der Waals surface area contributed by atoms with Crippen molar-refractivity contribution in [2.75, 3.05) is 18.1 Å². The zero-order valence-electron chi connectivity index (χ0n) is 22.7. The number of carbonyl (C=O) groups excluding carboxylic acids is 1. The Morgan fingerprint density at radius 1 is 1.12 bits per heavy atom. The highest BCUT2D eigenvalue weighted by Gasteiger charge is 2.26. The van der Waals surface area contributed by atoms with Crippen LogP contribution in [-0.2, 0) is 19.3 Å². The van der Waals surface area contributed by atoms with Crippen LogP contribution < -0.4 is 16.4 Å². The first kappa shape index (κ1) is 30.1. The van der Waals surface area contributed by atoms with Crippen LogP contribution in [0.3, 0.4) is 0 Å². The lowest BCUT2D eigenvalue weighted by Gasteiger charge is -2.33. The Morgan fingerprint density at radius 3 is 2.58 bits per heavy atom. The summed E-state index contributed by atoms with van der Waals surface area (Å²) in [7, 11) is -3.88. The fourth-order valence-electron chi connectivity index (χ4n) is 4.48. The molecule has 1 saturated heterocycles. The zero-order chi connectivity index (χ0) is 28.9. The van der Waals surface area contributed by atoms with Gasteiger partial charge in [0.05, 0.1) is 24.6 Å². The number of amidine groups is 1. The molecule has 0 radical (unpaired) electrons. The van der Waals surface area contributed by atoms with Crippen LogP contribution in [0.15, 0.2) is 62.5 Å². The average molecular weight is 603 g/mol. The number of thioether (sulfide) groups is 1. The van der Waals surface area contributed by atoms with Gasteiger partial charge in [0.25, 0.3) is 0 Å². The van der Waals surface area contributed by atoms with E-state index in [9.17, 15) is 13.2 Å². The second-order valence-corrected chi connectivity index (χ2v) is 13.5. The van der Waals surface area contributed by atoms with Crippen molar-refractivity contribution in [3.63, 3.8) is 0 Å². The number of ether oxygens (including phenoxy) is 2. The van der Waals surface area contributed by atoms with Crippen LogP contribution in [0.5, 0.6) is 0 Å². The maximum Gasteiger partial charge on any atom is 0.319 e. The third kappa shape index (κ3) is 7.05. The molecule has 12 heteroatoms. The standard InChI is InChI=1S/C28H34N4O5S3/c1-17-9-7-12-21(32-28(33)31-14-6-4-5-13-24-36-18(2)37-24)25(17)19-10-8-11-20(15-19)40(34,35)23-16-22(26(29)30)39-27(23)38-3/h7-12,15-16,18,24H,4-6,13-14H2,1-3H3,(H3,29,30)(H2,31,32,33). The molecule has 40 heavy (non-hydrogen) atoms. The van der Waals surface area contributed by atoms with Gasteiger partial charge in [-0.1, -0.05) is 30.7 Å². The van der Waals surface area contributed by atoms with Gasteiger partial charge in [0.2, 0.25) is 9.84 Å². The summed E-state index contributed by atoms with van der Waals surface area (Å²) < 4.78 is 38.7. The van der Waals surface area contributed by atoms with E-state index in [1.54, 1.807) is 30.5 Å². The molecule has 4 rings (SSSR count). The number of nitrogens with one attached hydrogen (secondary N) is 3. The molecule has 0 unspecified atom stereocenters. The van der Waals surface area contributed by atoms with Crippen molar-refractivity contribution in [3.8, 4) is 11.1 Å². The van der Waals surface area contributed by atoms with Gasteiger partial charge >= 0.3 is 6.03 Å². The van der Waals surface area contributed by atoms with Crippen LogP contribution in [0.4, 0.5) is 10.5 Å². The molecule has 0 aliphatic carbocycles. The lowest BCUT2D eigenvalue weighted by Crippen LogP contribution is -2.38. The van der Waals surface area contributed by atoms with E-state index >= 15 is 0 Å². The number of anilines is 1. The van der Waals surface area contributed by atoms with Crippen molar-refractivity contribution in [2.24, 2.45) is 5.73 Å². The Balaban J connectivity index is 1.46. The van der Waals surface area contributed by atoms with Crippen molar-refractivity contribution in [3.05, 3.63) is 59.0 Å². The van der Waals surface area contributed by atoms with Gasteiger partial charge in [0.1, 0.15) is 5.84 Å². The van der Waals surface area contributed by atoms with Gasteiger partial charge in [-0.3, -0.25) is 5.41 Å². The summed E-state index contributed by atoms with van der Waals surface area (Å²) in [5.41, 5.74) is 8.50. The van der Waals surface area contributed by atoms with Crippen LogP contribution >= 0.6 is 23.1 Å². The summed E-state index contributed by atoms with van der Waals surface area (Å²) in [4.78, 5) is 13.4. The van der Waals surface area contributed by atoms with E-state index in [0.717, 1.165) is 36.8 Å². The van der Waals surface area contributed by atoms with Crippen LogP contribution in [-0.4, -0.2) is 45.7 Å². The van der Waals surface area contributed by atoms with Gasteiger partial charge in [-0.15, -0.1) is 23.1 Å². The molecule has 9 nitrogen and oxygen atoms in total. The van der Waals surface area contributed by atoms with E-state index < -0.39 is 9.84 Å². The smallest absolute Gasteiger partial charge is 0.319 e. The SMILES string of the molecule is CSc1sc(C(=N)N)cc1S(=O)(=O)c1cccc(-c2c(C)cccc2NC(=O)NCCCCCC2OC(C)O2)c1. The van der Waals surface area contributed by atoms with Gasteiger partial charge in [-0.05, 0) is 74.8 Å². The van der Waals surface area contributed by atoms with Gasteiger partial charge in [-0.2, -0.15) is 0 Å². The number of sulfone groups is 1. The highest BCUT2D eigenvalue weighted by molar-refractivity contribution is 8.01. The van der Waals surface area contributed by atoms with Gasteiger partial charge in [0.15, 0.2) is 12.6 Å². The molecular weight excluding hydrogens is 569 g/mol. The highest BCUT2D eigenvalue weighted by Crippen LogP contribution is 2.39. The predicted octanol–water partition coefficient (Wildman–Crippen LogP) is 5.96. The fourth-order valence-corrected chi connectivity index (χ4v) is 8.38. The number of amides is 2. The summed E-state index contributed by atoms with van der Waals surface area (Å²) in [6, 6.07) is 13.4. The zero-order valence-corrected chi connectivity index (χ0v) is 25.1. The molecule has 1 aromatic heterocycles. The molecule has 5 N–H and O–H groups in total. The third-order valence-electron chi connectivity index (χ3n) is 6.45. The molecule has 0 spiro atoms. The van der Waals surface area contributed by atoms with Crippen molar-refractivity contribution >= 4 is 50.5 Å². The molecule has 2 heterocycles. The number of hydrogen-bond acceptors (Lipinski definition) is 8. The molecule has 1 aliphatic heterocycles. The van der Waals surface area contributed by atoms with Crippen LogP contribution in [0.25, 0.3) is 11.1 Å². The Bertz CT molecular complexity index is 1480. The average Bonchev–Trinajstić information content (AvgIpc) is 3.36. The maximum absolute atomic E-state index is 13.6. The van der Waals surface area contributed by atoms with E-state index in [1.807, 2.05) is 32.0 Å². The lowest BCUT2D eigenvalue weighted by atomic mass is 9.98. The Labute approximate surface area is 243 Å². The van der Waals surface area contributed by atoms with Gasteiger partial charge in [-0.25, -0.2) is 13.2 Å². The second-order valence-electron chi connectivity index (χ2n) is 9.41. The maximum atomic E-state index is 13.6. The highest BCUT2D eigenvalue weighted by atomic mass is 32.2. The van der Waals surface area contributed by atoms with Gasteiger partial charge < -0.3 is 25.8 Å². The number of nitrogen functional groups attached to an aromatic ring is 1. The second kappa shape index (κ2) is 13.2. The molecule has 2 aromatic carbocycles. The molecule has 0 bridgehead atoms. The Kier molecular flexibility index (Phi) is 9.90. The molecule has 1 aliphatic rings. The lowest BCUT2D eigenvalue weighted by molar-refractivity contribution is -0.377. The summed E-state index contributed by atoms with van der Waals surface area (Å²) in [5, 5.41) is 13.5. The number of unbranched alkanes of at least 4 members (excludes halogenated alkanes) is 2. The van der Waals surface area contributed by atoms with Crippen molar-refractivity contribution < 1.29 is 22.7 Å². The van der Waals surface area contributed by atoms with Crippen molar-refractivity contribution in [2.45, 2.75) is 66.1 Å². The van der Waals surface area contributed by atoms with Crippen LogP contribution in [0.2, 0.25) is 0 Å². The monoisotopic (exact) mass is 602 g/mol. The minimum Gasteiger partial charge on any atom is -0.383 e. The number of rotatable bonds is 12. The molecule has 0 saturated carbocycles. The number of urea groups is 1. The Morgan fingerprint density at radius 2 is 1.88 bits per heavy atom.